The third kappa shape index (κ3) is 5.20. The number of hydrogen-bond donors (Lipinski definition) is 2. The minimum atomic E-state index is -4.40. The van der Waals surface area contributed by atoms with Crippen molar-refractivity contribution in [2.45, 2.75) is 43.8 Å². The Morgan fingerprint density at radius 1 is 1.03 bits per heavy atom. The van der Waals surface area contributed by atoms with E-state index in [1.54, 1.807) is 6.07 Å². The number of carbonyl (C=O) groups excluding carboxylic acids is 1. The molecule has 190 valence electrons. The predicted octanol–water partition coefficient (Wildman–Crippen LogP) is 5.34. The Balaban J connectivity index is 1.67. The van der Waals surface area contributed by atoms with E-state index in [9.17, 15) is 31.1 Å². The zero-order chi connectivity index (χ0) is 26.2. The third-order valence-corrected chi connectivity index (χ3v) is 6.41. The number of nitrogens with two attached hydrogens (primary N) is 2. The van der Waals surface area contributed by atoms with Crippen LogP contribution in [0.2, 0.25) is 0 Å². The molecule has 0 spiro atoms. The van der Waals surface area contributed by atoms with Crippen LogP contribution < -0.4 is 11.5 Å². The molecule has 1 aliphatic carbocycles. The van der Waals surface area contributed by atoms with Gasteiger partial charge in [0.2, 0.25) is 0 Å². The summed E-state index contributed by atoms with van der Waals surface area (Å²) in [7, 11) is 0. The van der Waals surface area contributed by atoms with Crippen LogP contribution >= 0.6 is 0 Å². The SMILES string of the molecule is Nc1cc(F)c(-c2c(F)cccc2F)nc1C(=O)Cc1cnccc1[C@H]1C[C@@H](N)C[C@@H](C(F)(F)F)C1. The third-order valence-electron chi connectivity index (χ3n) is 6.41. The van der Waals surface area contributed by atoms with Crippen molar-refractivity contribution in [2.75, 3.05) is 5.73 Å². The zero-order valence-electron chi connectivity index (χ0n) is 18.8. The van der Waals surface area contributed by atoms with Gasteiger partial charge in [-0.3, -0.25) is 9.78 Å². The van der Waals surface area contributed by atoms with Crippen molar-refractivity contribution in [1.82, 2.24) is 9.97 Å². The van der Waals surface area contributed by atoms with Gasteiger partial charge in [0, 0.05) is 30.9 Å². The number of aromatic nitrogens is 2. The molecular formula is C25H22F6N4O. The average Bonchev–Trinajstić information content (AvgIpc) is 2.79. The standard InChI is InChI=1S/C25H22F6N4O/c26-17-2-1-3-18(27)22(17)23-19(28)10-20(33)24(35-23)21(36)8-13-11-34-5-4-16(13)12-6-14(25(29,30)31)9-15(32)7-12/h1-5,10-12,14-15H,6-9,32-33H2/t12-,14+,15-/m1/s1. The average molecular weight is 508 g/mol. The summed E-state index contributed by atoms with van der Waals surface area (Å²) >= 11 is 0. The van der Waals surface area contributed by atoms with Crippen LogP contribution in [0.15, 0.2) is 42.7 Å². The summed E-state index contributed by atoms with van der Waals surface area (Å²) in [5.41, 5.74) is 10.3. The number of halogens is 6. The Kier molecular flexibility index (Phi) is 7.03. The first-order chi connectivity index (χ1) is 17.0. The molecule has 0 bridgehead atoms. The van der Waals surface area contributed by atoms with Crippen LogP contribution in [-0.2, 0) is 6.42 Å². The van der Waals surface area contributed by atoms with E-state index in [1.807, 2.05) is 0 Å². The minimum absolute atomic E-state index is 0.176. The summed E-state index contributed by atoms with van der Waals surface area (Å²) in [4.78, 5) is 21.0. The molecule has 1 saturated carbocycles. The first-order valence-corrected chi connectivity index (χ1v) is 11.1. The molecule has 2 aromatic heterocycles. The minimum Gasteiger partial charge on any atom is -0.397 e. The number of benzene rings is 1. The number of nitrogens with zero attached hydrogens (tertiary/aromatic N) is 2. The van der Waals surface area contributed by atoms with E-state index in [2.05, 4.69) is 9.97 Å². The summed E-state index contributed by atoms with van der Waals surface area (Å²) in [6.07, 6.45) is -2.06. The Labute approximate surface area is 202 Å². The molecule has 4 rings (SSSR count). The Bertz CT molecular complexity index is 1280. The molecule has 5 nitrogen and oxygen atoms in total. The monoisotopic (exact) mass is 508 g/mol. The first kappa shape index (κ1) is 25.6. The highest BCUT2D eigenvalue weighted by Gasteiger charge is 2.44. The lowest BCUT2D eigenvalue weighted by atomic mass is 9.74. The molecule has 36 heavy (non-hydrogen) atoms. The van der Waals surface area contributed by atoms with Crippen molar-refractivity contribution < 1.29 is 31.1 Å². The van der Waals surface area contributed by atoms with Crippen molar-refractivity contribution >= 4 is 11.5 Å². The number of nitrogen functional groups attached to an aromatic ring is 1. The molecule has 2 heterocycles. The number of anilines is 1. The van der Waals surface area contributed by atoms with E-state index in [-0.39, 0.29) is 24.9 Å². The second-order valence-electron chi connectivity index (χ2n) is 8.93. The summed E-state index contributed by atoms with van der Waals surface area (Å²) in [6, 6.07) is 4.56. The number of rotatable bonds is 5. The summed E-state index contributed by atoms with van der Waals surface area (Å²) in [6.45, 7) is 0. The molecule has 0 saturated heterocycles. The van der Waals surface area contributed by atoms with E-state index >= 15 is 0 Å². The molecule has 0 unspecified atom stereocenters. The predicted molar refractivity (Wildman–Crippen MR) is 120 cm³/mol. The molecular weight excluding hydrogens is 486 g/mol. The molecule has 3 atom stereocenters. The van der Waals surface area contributed by atoms with E-state index in [0.717, 1.165) is 24.3 Å². The Morgan fingerprint density at radius 3 is 2.39 bits per heavy atom. The molecule has 0 radical (unpaired) electrons. The maximum atomic E-state index is 14.5. The number of hydrogen-bond acceptors (Lipinski definition) is 5. The smallest absolute Gasteiger partial charge is 0.391 e. The van der Waals surface area contributed by atoms with Crippen molar-refractivity contribution in [2.24, 2.45) is 11.7 Å². The highest BCUT2D eigenvalue weighted by Crippen LogP contribution is 2.44. The largest absolute Gasteiger partial charge is 0.397 e. The van der Waals surface area contributed by atoms with E-state index in [1.165, 1.54) is 12.4 Å². The highest BCUT2D eigenvalue weighted by molar-refractivity contribution is 6.00. The number of carbonyl (C=O) groups is 1. The summed E-state index contributed by atoms with van der Waals surface area (Å²) in [5, 5.41) is 0. The molecule has 11 heteroatoms. The lowest BCUT2D eigenvalue weighted by Crippen LogP contribution is -2.38. The molecule has 1 fully saturated rings. The van der Waals surface area contributed by atoms with E-state index in [4.69, 9.17) is 11.5 Å². The fourth-order valence-corrected chi connectivity index (χ4v) is 4.75. The molecule has 1 aliphatic rings. The topological polar surface area (TPSA) is 94.9 Å². The molecule has 0 amide bonds. The second kappa shape index (κ2) is 9.88. The highest BCUT2D eigenvalue weighted by atomic mass is 19.4. The number of ketones is 1. The lowest BCUT2D eigenvalue weighted by Gasteiger charge is -2.35. The van der Waals surface area contributed by atoms with Gasteiger partial charge >= 0.3 is 6.18 Å². The van der Waals surface area contributed by atoms with Crippen LogP contribution in [0.4, 0.5) is 32.0 Å². The Morgan fingerprint density at radius 2 is 1.72 bits per heavy atom. The fourth-order valence-electron chi connectivity index (χ4n) is 4.75. The van der Waals surface area contributed by atoms with Crippen LogP contribution in [-0.4, -0.2) is 28.0 Å². The van der Waals surface area contributed by atoms with Gasteiger partial charge in [0.15, 0.2) is 11.6 Å². The molecule has 3 aromatic rings. The first-order valence-electron chi connectivity index (χ1n) is 11.1. The van der Waals surface area contributed by atoms with Crippen LogP contribution in [0.3, 0.4) is 0 Å². The van der Waals surface area contributed by atoms with Gasteiger partial charge in [0.25, 0.3) is 0 Å². The van der Waals surface area contributed by atoms with Gasteiger partial charge in [-0.2, -0.15) is 13.2 Å². The van der Waals surface area contributed by atoms with Gasteiger partial charge in [-0.05, 0) is 54.5 Å². The van der Waals surface area contributed by atoms with Crippen LogP contribution in [0.25, 0.3) is 11.3 Å². The van der Waals surface area contributed by atoms with E-state index < -0.39 is 64.2 Å². The van der Waals surface area contributed by atoms with Gasteiger partial charge < -0.3 is 11.5 Å². The summed E-state index contributed by atoms with van der Waals surface area (Å²) in [5.74, 6) is -6.13. The summed E-state index contributed by atoms with van der Waals surface area (Å²) < 4.78 is 83.3. The maximum absolute atomic E-state index is 14.5. The Hall–Kier alpha value is -3.47. The zero-order valence-corrected chi connectivity index (χ0v) is 18.8. The van der Waals surface area contributed by atoms with Gasteiger partial charge in [-0.1, -0.05) is 6.07 Å². The van der Waals surface area contributed by atoms with Gasteiger partial charge in [-0.15, -0.1) is 0 Å². The number of pyridine rings is 2. The van der Waals surface area contributed by atoms with Crippen LogP contribution in [0, 0.1) is 23.4 Å². The normalized spacial score (nSPS) is 20.4. The second-order valence-corrected chi connectivity index (χ2v) is 8.93. The van der Waals surface area contributed by atoms with Crippen molar-refractivity contribution in [3.63, 3.8) is 0 Å². The number of Topliss-reactive ketones (excluding diaryl/α,β-unsaturated/α-hetero) is 1. The van der Waals surface area contributed by atoms with Crippen LogP contribution in [0.5, 0.6) is 0 Å². The molecule has 0 aliphatic heterocycles. The quantitative estimate of drug-likeness (QED) is 0.358. The number of alkyl halides is 3. The van der Waals surface area contributed by atoms with Gasteiger partial charge in [-0.25, -0.2) is 18.2 Å². The van der Waals surface area contributed by atoms with Crippen molar-refractivity contribution in [3.8, 4) is 11.3 Å². The van der Waals surface area contributed by atoms with Gasteiger partial charge in [0.05, 0.1) is 17.2 Å². The molecule has 4 N–H and O–H groups in total. The van der Waals surface area contributed by atoms with E-state index in [0.29, 0.717) is 17.5 Å². The van der Waals surface area contributed by atoms with Crippen molar-refractivity contribution in [1.29, 1.82) is 0 Å². The van der Waals surface area contributed by atoms with Gasteiger partial charge in [0.1, 0.15) is 23.0 Å². The van der Waals surface area contributed by atoms with Crippen LogP contribution in [0.1, 0.15) is 46.8 Å². The maximum Gasteiger partial charge on any atom is 0.391 e. The lowest BCUT2D eigenvalue weighted by molar-refractivity contribution is -0.184. The molecule has 1 aromatic carbocycles. The van der Waals surface area contributed by atoms with Crippen molar-refractivity contribution in [3.05, 3.63) is 77.0 Å². The fraction of sp³-hybridized carbons (Fsp3) is 0.320.